The first-order valence-corrected chi connectivity index (χ1v) is 8.21. The molecule has 1 aliphatic rings. The Hall–Kier alpha value is -2.27. The van der Waals surface area contributed by atoms with Crippen molar-refractivity contribution < 1.29 is 14.0 Å². The molecule has 6 heteroatoms. The summed E-state index contributed by atoms with van der Waals surface area (Å²) in [4.78, 5) is 24.4. The Kier molecular flexibility index (Phi) is 4.62. The van der Waals surface area contributed by atoms with Crippen LogP contribution in [0.3, 0.4) is 0 Å². The van der Waals surface area contributed by atoms with Crippen molar-refractivity contribution in [2.45, 2.75) is 26.8 Å². The molecule has 2 N–H and O–H groups in total. The Morgan fingerprint density at radius 2 is 2.00 bits per heavy atom. The lowest BCUT2D eigenvalue weighted by Crippen LogP contribution is -2.27. The average Bonchev–Trinajstić information content (AvgIpc) is 3.16. The van der Waals surface area contributed by atoms with Crippen LogP contribution in [0.2, 0.25) is 5.02 Å². The van der Waals surface area contributed by atoms with E-state index in [9.17, 15) is 9.59 Å². The number of rotatable bonds is 5. The number of furan rings is 1. The Labute approximate surface area is 145 Å². The van der Waals surface area contributed by atoms with Crippen LogP contribution in [-0.4, -0.2) is 11.8 Å². The van der Waals surface area contributed by atoms with E-state index in [4.69, 9.17) is 16.0 Å². The second-order valence-electron chi connectivity index (χ2n) is 6.17. The van der Waals surface area contributed by atoms with E-state index in [1.807, 2.05) is 26.0 Å². The van der Waals surface area contributed by atoms with Crippen LogP contribution in [0.5, 0.6) is 0 Å². The summed E-state index contributed by atoms with van der Waals surface area (Å²) >= 11 is 6.21. The summed E-state index contributed by atoms with van der Waals surface area (Å²) in [5.41, 5.74) is 2.57. The van der Waals surface area contributed by atoms with Gasteiger partial charge >= 0.3 is 0 Å². The molecule has 3 rings (SSSR count). The summed E-state index contributed by atoms with van der Waals surface area (Å²) in [7, 11) is 0. The van der Waals surface area contributed by atoms with Gasteiger partial charge in [0.2, 0.25) is 11.8 Å². The maximum Gasteiger partial charge on any atom is 0.228 e. The standard InChI is InChI=1S/C18H19ClN2O3/c1-10-6-11(2)16(15(19)7-10)21-18(23)14-8-13(14)17(22)20-9-12-4-3-5-24-12/h3-7,13-14H,8-9H2,1-2H3,(H,20,22)(H,21,23). The van der Waals surface area contributed by atoms with E-state index >= 15 is 0 Å². The number of carbonyl (C=O) groups is 2. The highest BCUT2D eigenvalue weighted by Crippen LogP contribution is 2.40. The van der Waals surface area contributed by atoms with Crippen LogP contribution < -0.4 is 10.6 Å². The maximum atomic E-state index is 12.3. The molecule has 0 aliphatic heterocycles. The summed E-state index contributed by atoms with van der Waals surface area (Å²) in [5.74, 6) is -0.199. The van der Waals surface area contributed by atoms with Crippen molar-refractivity contribution in [1.82, 2.24) is 5.32 Å². The molecule has 0 bridgehead atoms. The fourth-order valence-electron chi connectivity index (χ4n) is 2.78. The van der Waals surface area contributed by atoms with Gasteiger partial charge in [-0.25, -0.2) is 0 Å². The van der Waals surface area contributed by atoms with E-state index in [1.54, 1.807) is 18.4 Å². The summed E-state index contributed by atoms with van der Waals surface area (Å²) in [5, 5.41) is 6.15. The fourth-order valence-corrected chi connectivity index (χ4v) is 3.15. The topological polar surface area (TPSA) is 71.3 Å². The monoisotopic (exact) mass is 346 g/mol. The first-order valence-electron chi connectivity index (χ1n) is 7.83. The Morgan fingerprint density at radius 1 is 1.25 bits per heavy atom. The molecule has 2 aromatic rings. The molecule has 1 aromatic carbocycles. The van der Waals surface area contributed by atoms with Crippen LogP contribution in [0.25, 0.3) is 0 Å². The van der Waals surface area contributed by atoms with Gasteiger partial charge in [0.15, 0.2) is 0 Å². The number of benzene rings is 1. The molecular formula is C18H19ClN2O3. The van der Waals surface area contributed by atoms with Gasteiger partial charge in [-0.1, -0.05) is 17.7 Å². The largest absolute Gasteiger partial charge is 0.467 e. The van der Waals surface area contributed by atoms with E-state index in [0.29, 0.717) is 29.4 Å². The van der Waals surface area contributed by atoms with Crippen molar-refractivity contribution in [3.63, 3.8) is 0 Å². The van der Waals surface area contributed by atoms with Crippen LogP contribution >= 0.6 is 11.6 Å². The lowest BCUT2D eigenvalue weighted by Gasteiger charge is -2.11. The van der Waals surface area contributed by atoms with Gasteiger partial charge < -0.3 is 15.1 Å². The van der Waals surface area contributed by atoms with Crippen LogP contribution in [0.15, 0.2) is 34.9 Å². The summed E-state index contributed by atoms with van der Waals surface area (Å²) in [6, 6.07) is 7.33. The van der Waals surface area contributed by atoms with Gasteiger partial charge in [-0.15, -0.1) is 0 Å². The molecular weight excluding hydrogens is 328 g/mol. The molecule has 0 spiro atoms. The number of nitrogens with one attached hydrogen (secondary N) is 2. The molecule has 1 saturated carbocycles. The van der Waals surface area contributed by atoms with Crippen molar-refractivity contribution in [1.29, 1.82) is 0 Å². The minimum atomic E-state index is -0.307. The van der Waals surface area contributed by atoms with Crippen molar-refractivity contribution in [3.8, 4) is 0 Å². The first kappa shape index (κ1) is 16.6. The summed E-state index contributed by atoms with van der Waals surface area (Å²) in [6.07, 6.45) is 2.11. The van der Waals surface area contributed by atoms with E-state index < -0.39 is 0 Å². The van der Waals surface area contributed by atoms with Crippen molar-refractivity contribution in [2.24, 2.45) is 11.8 Å². The molecule has 5 nitrogen and oxygen atoms in total. The molecule has 0 saturated heterocycles. The summed E-state index contributed by atoms with van der Waals surface area (Å²) < 4.78 is 5.16. The normalized spacial score (nSPS) is 19.0. The predicted molar refractivity (Wildman–Crippen MR) is 91.7 cm³/mol. The molecule has 1 aliphatic carbocycles. The highest BCUT2D eigenvalue weighted by Gasteiger charge is 2.48. The van der Waals surface area contributed by atoms with Gasteiger partial charge in [0.1, 0.15) is 5.76 Å². The zero-order valence-corrected chi connectivity index (χ0v) is 14.3. The Morgan fingerprint density at radius 3 is 2.67 bits per heavy atom. The molecule has 2 atom stereocenters. The molecule has 1 aromatic heterocycles. The molecule has 1 heterocycles. The number of carbonyl (C=O) groups excluding carboxylic acids is 2. The lowest BCUT2D eigenvalue weighted by atomic mass is 10.1. The number of anilines is 1. The van der Waals surface area contributed by atoms with Crippen LogP contribution in [0.1, 0.15) is 23.3 Å². The molecule has 1 fully saturated rings. The fraction of sp³-hybridized carbons (Fsp3) is 0.333. The Balaban J connectivity index is 1.55. The lowest BCUT2D eigenvalue weighted by molar-refractivity contribution is -0.125. The highest BCUT2D eigenvalue weighted by molar-refractivity contribution is 6.34. The van der Waals surface area contributed by atoms with E-state index in [-0.39, 0.29) is 23.7 Å². The van der Waals surface area contributed by atoms with Gasteiger partial charge in [0.25, 0.3) is 0 Å². The van der Waals surface area contributed by atoms with Crippen molar-refractivity contribution in [3.05, 3.63) is 52.4 Å². The predicted octanol–water partition coefficient (Wildman–Crippen LogP) is 3.44. The second-order valence-corrected chi connectivity index (χ2v) is 6.58. The molecule has 2 amide bonds. The molecule has 0 radical (unpaired) electrons. The quantitative estimate of drug-likeness (QED) is 0.871. The third-order valence-corrected chi connectivity index (χ3v) is 4.46. The van der Waals surface area contributed by atoms with Crippen LogP contribution in [0, 0.1) is 25.7 Å². The molecule has 126 valence electrons. The van der Waals surface area contributed by atoms with Crippen molar-refractivity contribution in [2.75, 3.05) is 5.32 Å². The average molecular weight is 347 g/mol. The third kappa shape index (κ3) is 3.62. The van der Waals surface area contributed by atoms with E-state index in [0.717, 1.165) is 11.1 Å². The number of hydrogen-bond acceptors (Lipinski definition) is 3. The third-order valence-electron chi connectivity index (χ3n) is 4.16. The van der Waals surface area contributed by atoms with E-state index in [1.165, 1.54) is 0 Å². The zero-order valence-electron chi connectivity index (χ0n) is 13.6. The van der Waals surface area contributed by atoms with Crippen molar-refractivity contribution >= 4 is 29.1 Å². The molecule has 2 unspecified atom stereocenters. The van der Waals surface area contributed by atoms with Gasteiger partial charge in [-0.3, -0.25) is 9.59 Å². The number of halogens is 1. The Bertz CT molecular complexity index is 748. The molecule has 24 heavy (non-hydrogen) atoms. The number of amides is 2. The number of hydrogen-bond donors (Lipinski definition) is 2. The van der Waals surface area contributed by atoms with Gasteiger partial charge in [0, 0.05) is 0 Å². The van der Waals surface area contributed by atoms with Gasteiger partial charge in [-0.2, -0.15) is 0 Å². The smallest absolute Gasteiger partial charge is 0.228 e. The SMILES string of the molecule is Cc1cc(C)c(NC(=O)C2CC2C(=O)NCc2ccco2)c(Cl)c1. The number of aryl methyl sites for hydroxylation is 2. The van der Waals surface area contributed by atoms with E-state index in [2.05, 4.69) is 10.6 Å². The van der Waals surface area contributed by atoms with Gasteiger partial charge in [-0.05, 0) is 49.6 Å². The minimum Gasteiger partial charge on any atom is -0.467 e. The van der Waals surface area contributed by atoms with Gasteiger partial charge in [0.05, 0.1) is 35.4 Å². The summed E-state index contributed by atoms with van der Waals surface area (Å²) in [6.45, 7) is 4.18. The highest BCUT2D eigenvalue weighted by atomic mass is 35.5. The second kappa shape index (κ2) is 6.69. The van der Waals surface area contributed by atoms with Crippen LogP contribution in [0.4, 0.5) is 5.69 Å². The van der Waals surface area contributed by atoms with Crippen LogP contribution in [-0.2, 0) is 16.1 Å². The zero-order chi connectivity index (χ0) is 17.3. The first-order chi connectivity index (χ1) is 11.5. The maximum absolute atomic E-state index is 12.3. The minimum absolute atomic E-state index is 0.127.